The quantitative estimate of drug-likeness (QED) is 0.588. The predicted octanol–water partition coefficient (Wildman–Crippen LogP) is 1.92. The Morgan fingerprint density at radius 2 is 1.73 bits per heavy atom. The summed E-state index contributed by atoms with van der Waals surface area (Å²) in [7, 11) is 0. The van der Waals surface area contributed by atoms with Gasteiger partial charge in [-0.05, 0) is 0 Å². The molecule has 0 unspecified atom stereocenters. The van der Waals surface area contributed by atoms with Gasteiger partial charge in [0.05, 0.1) is 19.3 Å². The van der Waals surface area contributed by atoms with Gasteiger partial charge in [-0.3, -0.25) is 14.4 Å². The average Bonchev–Trinajstić information content (AvgIpc) is 3.12. The van der Waals surface area contributed by atoms with Crippen molar-refractivity contribution < 1.29 is 28.7 Å². The molecular formula is C17H29N3O6. The highest BCUT2D eigenvalue weighted by Crippen LogP contribution is 2.14. The molecule has 1 atom stereocenters. The van der Waals surface area contributed by atoms with Crippen molar-refractivity contribution >= 4 is 18.0 Å². The molecule has 0 bridgehead atoms. The molecule has 0 aromatic heterocycles. The molecule has 2 aliphatic heterocycles. The predicted molar refractivity (Wildman–Crippen MR) is 92.6 cm³/mol. The molecule has 0 aromatic carbocycles. The van der Waals surface area contributed by atoms with Gasteiger partial charge in [0.15, 0.2) is 0 Å². The Labute approximate surface area is 154 Å². The molecule has 0 saturated carbocycles. The topological polar surface area (TPSA) is 118 Å². The summed E-state index contributed by atoms with van der Waals surface area (Å²) in [5, 5.41) is 11.1. The molecule has 2 rings (SSSR count). The van der Waals surface area contributed by atoms with Crippen LogP contribution in [0, 0.1) is 11.3 Å². The lowest BCUT2D eigenvalue weighted by Gasteiger charge is -2.14. The van der Waals surface area contributed by atoms with E-state index in [4.69, 9.17) is 14.7 Å². The summed E-state index contributed by atoms with van der Waals surface area (Å²) in [5.41, 5.74) is 0. The Kier molecular flexibility index (Phi) is 12.0. The molecule has 9 heteroatoms. The minimum absolute atomic E-state index is 0.0681. The fourth-order valence-electron chi connectivity index (χ4n) is 2.16. The van der Waals surface area contributed by atoms with E-state index in [1.807, 2.05) is 0 Å². The number of nitrogens with one attached hydrogen (secondary N) is 1. The number of nitriles is 1. The lowest BCUT2D eigenvalue weighted by molar-refractivity contribution is -0.178. The highest BCUT2D eigenvalue weighted by molar-refractivity contribution is 6.01. The fourth-order valence-corrected chi connectivity index (χ4v) is 2.16. The lowest BCUT2D eigenvalue weighted by Crippen LogP contribution is -2.33. The van der Waals surface area contributed by atoms with Crippen LogP contribution in [0.15, 0.2) is 0 Å². The van der Waals surface area contributed by atoms with E-state index in [2.05, 4.69) is 37.8 Å². The first-order chi connectivity index (χ1) is 12.2. The number of hydrogen-bond donors (Lipinski definition) is 1. The van der Waals surface area contributed by atoms with Gasteiger partial charge in [-0.2, -0.15) is 5.26 Å². The van der Waals surface area contributed by atoms with Crippen molar-refractivity contribution in [3.8, 4) is 6.07 Å². The Balaban J connectivity index is 0.000000526. The zero-order valence-electron chi connectivity index (χ0n) is 16.1. The standard InChI is InChI=1S/C9H11NO6.C6H15N.C2H3N/c11-7-1-2-8(12)10(7)16-9(13)15-6-3-4-14-5-6;1-5(2)7-6(3)4;1-2-3/h6H,1-5H2;5-7H,1-4H3;1H3/t6-;;/m0../s1. The maximum atomic E-state index is 11.2. The van der Waals surface area contributed by atoms with Gasteiger partial charge in [0.2, 0.25) is 0 Å². The SMILES string of the molecule is CC#N.CC(C)NC(C)C.O=C(O[C@H]1CCOC1)ON1C(=O)CCC1=O. The highest BCUT2D eigenvalue weighted by Gasteiger charge is 2.34. The molecule has 2 heterocycles. The second kappa shape index (κ2) is 13.1. The molecule has 1 N–H and O–H groups in total. The van der Waals surface area contributed by atoms with Crippen molar-refractivity contribution in [3.05, 3.63) is 0 Å². The van der Waals surface area contributed by atoms with E-state index in [1.165, 1.54) is 6.92 Å². The molecule has 9 nitrogen and oxygen atoms in total. The first kappa shape index (κ1) is 23.8. The Morgan fingerprint density at radius 3 is 2.08 bits per heavy atom. The second-order valence-electron chi connectivity index (χ2n) is 6.23. The number of imide groups is 1. The zero-order chi connectivity index (χ0) is 20.1. The first-order valence-corrected chi connectivity index (χ1v) is 8.60. The Hall–Kier alpha value is -2.18. The number of hydrogen-bond acceptors (Lipinski definition) is 8. The fraction of sp³-hybridized carbons (Fsp3) is 0.765. The maximum absolute atomic E-state index is 11.2. The lowest BCUT2D eigenvalue weighted by atomic mass is 10.3. The summed E-state index contributed by atoms with van der Waals surface area (Å²) in [6.45, 7) is 10.9. The van der Waals surface area contributed by atoms with Gasteiger partial charge in [0.1, 0.15) is 6.10 Å². The third kappa shape index (κ3) is 10.6. The van der Waals surface area contributed by atoms with Crippen molar-refractivity contribution in [3.63, 3.8) is 0 Å². The van der Waals surface area contributed by atoms with Crippen LogP contribution >= 0.6 is 0 Å². The number of rotatable bonds is 4. The van der Waals surface area contributed by atoms with Crippen LogP contribution in [0.5, 0.6) is 0 Å². The van der Waals surface area contributed by atoms with Crippen molar-refractivity contribution in [1.82, 2.24) is 10.4 Å². The van der Waals surface area contributed by atoms with Gasteiger partial charge in [0.25, 0.3) is 11.8 Å². The van der Waals surface area contributed by atoms with Gasteiger partial charge < -0.3 is 14.8 Å². The van der Waals surface area contributed by atoms with Crippen LogP contribution in [0.2, 0.25) is 0 Å². The molecule has 2 saturated heterocycles. The van der Waals surface area contributed by atoms with Gasteiger partial charge in [-0.1, -0.05) is 32.8 Å². The summed E-state index contributed by atoms with van der Waals surface area (Å²) in [4.78, 5) is 37.9. The van der Waals surface area contributed by atoms with E-state index < -0.39 is 18.0 Å². The number of amides is 2. The van der Waals surface area contributed by atoms with Crippen LogP contribution in [-0.2, 0) is 23.9 Å². The van der Waals surface area contributed by atoms with E-state index in [0.29, 0.717) is 36.8 Å². The van der Waals surface area contributed by atoms with Gasteiger partial charge >= 0.3 is 6.16 Å². The van der Waals surface area contributed by atoms with Crippen LogP contribution in [0.25, 0.3) is 0 Å². The summed E-state index contributed by atoms with van der Waals surface area (Å²) in [5.74, 6) is -1.05. The highest BCUT2D eigenvalue weighted by atomic mass is 16.8. The molecule has 2 fully saturated rings. The van der Waals surface area contributed by atoms with Crippen molar-refractivity contribution in [2.24, 2.45) is 0 Å². The number of hydroxylamine groups is 2. The molecule has 0 aliphatic carbocycles. The largest absolute Gasteiger partial charge is 0.534 e. The molecule has 0 spiro atoms. The number of nitrogens with zero attached hydrogens (tertiary/aromatic N) is 2. The maximum Gasteiger partial charge on any atom is 0.534 e. The van der Waals surface area contributed by atoms with E-state index >= 15 is 0 Å². The summed E-state index contributed by atoms with van der Waals surface area (Å²) < 4.78 is 9.83. The Morgan fingerprint density at radius 1 is 1.23 bits per heavy atom. The van der Waals surface area contributed by atoms with Crippen LogP contribution in [0.3, 0.4) is 0 Å². The van der Waals surface area contributed by atoms with Crippen LogP contribution in [-0.4, -0.2) is 54.4 Å². The summed E-state index contributed by atoms with van der Waals surface area (Å²) >= 11 is 0. The number of carbonyl (C=O) groups is 3. The number of carbonyl (C=O) groups excluding carboxylic acids is 3. The van der Waals surface area contributed by atoms with Crippen molar-refractivity contribution in [2.45, 2.75) is 72.1 Å². The Bertz CT molecular complexity index is 473. The molecular weight excluding hydrogens is 342 g/mol. The molecule has 2 amide bonds. The minimum atomic E-state index is -1.04. The average molecular weight is 371 g/mol. The van der Waals surface area contributed by atoms with Crippen LogP contribution in [0.1, 0.15) is 53.9 Å². The third-order valence-electron chi connectivity index (χ3n) is 2.99. The first-order valence-electron chi connectivity index (χ1n) is 8.60. The minimum Gasteiger partial charge on any atom is -0.427 e. The van der Waals surface area contributed by atoms with E-state index in [-0.39, 0.29) is 18.9 Å². The molecule has 26 heavy (non-hydrogen) atoms. The summed E-state index contributed by atoms with van der Waals surface area (Å²) in [6, 6.07) is 3.00. The monoisotopic (exact) mass is 371 g/mol. The normalized spacial score (nSPS) is 18.7. The zero-order valence-corrected chi connectivity index (χ0v) is 16.1. The van der Waals surface area contributed by atoms with E-state index in [9.17, 15) is 14.4 Å². The molecule has 0 aromatic rings. The van der Waals surface area contributed by atoms with Crippen LogP contribution in [0.4, 0.5) is 4.79 Å². The van der Waals surface area contributed by atoms with Gasteiger partial charge in [0, 0.05) is 38.3 Å². The van der Waals surface area contributed by atoms with Crippen molar-refractivity contribution in [1.29, 1.82) is 5.26 Å². The molecule has 148 valence electrons. The van der Waals surface area contributed by atoms with Crippen LogP contribution < -0.4 is 5.32 Å². The van der Waals surface area contributed by atoms with Gasteiger partial charge in [-0.25, -0.2) is 4.79 Å². The van der Waals surface area contributed by atoms with E-state index in [1.54, 1.807) is 6.07 Å². The molecule has 0 radical (unpaired) electrons. The number of ether oxygens (including phenoxy) is 2. The second-order valence-corrected chi connectivity index (χ2v) is 6.23. The van der Waals surface area contributed by atoms with E-state index in [0.717, 1.165) is 0 Å². The third-order valence-corrected chi connectivity index (χ3v) is 2.99. The molecule has 2 aliphatic rings. The van der Waals surface area contributed by atoms with Gasteiger partial charge in [-0.15, -0.1) is 0 Å². The smallest absolute Gasteiger partial charge is 0.427 e. The summed E-state index contributed by atoms with van der Waals surface area (Å²) in [6.07, 6.45) is -0.673. The van der Waals surface area contributed by atoms with Crippen molar-refractivity contribution in [2.75, 3.05) is 13.2 Å².